The van der Waals surface area contributed by atoms with Crippen molar-refractivity contribution < 1.29 is 14.3 Å². The van der Waals surface area contributed by atoms with Crippen LogP contribution >= 0.6 is 0 Å². The highest BCUT2D eigenvalue weighted by Crippen LogP contribution is 2.36. The molecule has 0 saturated carbocycles. The number of unbranched alkanes of at least 4 members (excludes halogenated alkanes) is 1. The summed E-state index contributed by atoms with van der Waals surface area (Å²) in [6.45, 7) is 10.8. The van der Waals surface area contributed by atoms with Crippen molar-refractivity contribution in [1.82, 2.24) is 34.6 Å². The van der Waals surface area contributed by atoms with Gasteiger partial charge in [-0.15, -0.1) is 0 Å². The van der Waals surface area contributed by atoms with Crippen LogP contribution in [-0.2, 0) is 18.3 Å². The van der Waals surface area contributed by atoms with Gasteiger partial charge < -0.3 is 15.4 Å². The predicted octanol–water partition coefficient (Wildman–Crippen LogP) is 6.77. The molecule has 0 radical (unpaired) electrons. The summed E-state index contributed by atoms with van der Waals surface area (Å²) < 4.78 is 9.81. The maximum Gasteiger partial charge on any atom is 0.329 e. The zero-order valence-electron chi connectivity index (χ0n) is 31.6. The third-order valence-electron chi connectivity index (χ3n) is 10.5. The van der Waals surface area contributed by atoms with E-state index < -0.39 is 6.03 Å². The molecule has 3 aromatic heterocycles. The summed E-state index contributed by atoms with van der Waals surface area (Å²) in [5.41, 5.74) is 14.0. The monoisotopic (exact) mass is 719 g/mol. The largest absolute Gasteiger partial charge is 0.493 e. The number of fused-ring (bicyclic) bond motifs is 3. The molecule has 12 nitrogen and oxygen atoms in total. The third kappa shape index (κ3) is 8.23. The number of aromatic nitrogens is 5. The van der Waals surface area contributed by atoms with E-state index in [0.29, 0.717) is 24.9 Å². The summed E-state index contributed by atoms with van der Waals surface area (Å²) in [4.78, 5) is 32.9. The van der Waals surface area contributed by atoms with Gasteiger partial charge in [0.1, 0.15) is 12.1 Å². The minimum Gasteiger partial charge on any atom is -0.493 e. The van der Waals surface area contributed by atoms with Crippen molar-refractivity contribution in [3.63, 3.8) is 0 Å². The van der Waals surface area contributed by atoms with Crippen LogP contribution in [0.1, 0.15) is 94.4 Å². The average Bonchev–Trinajstić information content (AvgIpc) is 3.65. The fourth-order valence-corrected chi connectivity index (χ4v) is 7.73. The maximum absolute atomic E-state index is 12.4. The van der Waals surface area contributed by atoms with Gasteiger partial charge in [0.05, 0.1) is 23.3 Å². The molecule has 12 heteroatoms. The van der Waals surface area contributed by atoms with Crippen LogP contribution < -0.4 is 20.7 Å². The molecule has 6 heterocycles. The second-order valence-electron chi connectivity index (χ2n) is 15.4. The van der Waals surface area contributed by atoms with Crippen molar-refractivity contribution in [2.45, 2.75) is 84.1 Å². The summed E-state index contributed by atoms with van der Waals surface area (Å²) in [6, 6.07) is 14.6. The number of anilines is 1. The van der Waals surface area contributed by atoms with Gasteiger partial charge in [-0.05, 0) is 112 Å². The number of hydrogen-bond donors (Lipinski definition) is 2. The fourth-order valence-electron chi connectivity index (χ4n) is 7.73. The standard InChI is InChI=1S/C37H43N9O3.C4H10/c1-43-31-20-26(7-10-29(31)36(42-43)45-17-13-34(47)41-37(45)48)25-11-15-44(16-12-25)14-3-2-5-24-19-32-35(39-23-40-46(32)22-24)27-8-9-28-30(38)6-4-18-49-33(28)21-27;1-4(2)3/h7-10,19-23,25,30H,2-6,11-18,38H2,1H3,(H,41,47,48);4H,1-3H3. The van der Waals surface area contributed by atoms with Crippen LogP contribution in [0.5, 0.6) is 5.75 Å². The highest BCUT2D eigenvalue weighted by atomic mass is 16.5. The Morgan fingerprint density at radius 3 is 2.58 bits per heavy atom. The highest BCUT2D eigenvalue weighted by Gasteiger charge is 2.29. The molecular weight excluding hydrogens is 667 g/mol. The van der Waals surface area contributed by atoms with Crippen molar-refractivity contribution in [3.05, 3.63) is 71.7 Å². The number of nitrogens with zero attached hydrogens (tertiary/aromatic N) is 7. The van der Waals surface area contributed by atoms with Gasteiger partial charge in [0.25, 0.3) is 0 Å². The normalized spacial score (nSPS) is 18.5. The number of nitrogens with one attached hydrogen (secondary N) is 1. The Bertz CT molecular complexity index is 2080. The van der Waals surface area contributed by atoms with Gasteiger partial charge in [0.15, 0.2) is 5.82 Å². The van der Waals surface area contributed by atoms with E-state index in [1.807, 2.05) is 16.2 Å². The Morgan fingerprint density at radius 1 is 0.981 bits per heavy atom. The molecule has 8 rings (SSSR count). The van der Waals surface area contributed by atoms with Gasteiger partial charge in [-0.25, -0.2) is 14.3 Å². The number of hydrogen-bond acceptors (Lipinski definition) is 8. The van der Waals surface area contributed by atoms with Crippen molar-refractivity contribution in [2.75, 3.05) is 37.7 Å². The number of likely N-dealkylation sites (tertiary alicyclic amines) is 1. The Hall–Kier alpha value is -4.81. The molecule has 1 atom stereocenters. The van der Waals surface area contributed by atoms with Gasteiger partial charge in [-0.1, -0.05) is 39.0 Å². The average molecular weight is 720 g/mol. The van der Waals surface area contributed by atoms with Gasteiger partial charge in [-0.3, -0.25) is 19.7 Å². The SMILES string of the molecule is CC(C)C.Cn1nc(N2CCC(=O)NC2=O)c2ccc(C3CCN(CCCCc4cc5c(-c6ccc7c(c6)OCCCC7N)ncnn5c4)CC3)cc21. The summed E-state index contributed by atoms with van der Waals surface area (Å²) in [7, 11) is 1.91. The molecule has 3 aliphatic heterocycles. The van der Waals surface area contributed by atoms with Crippen LogP contribution in [0.2, 0.25) is 0 Å². The molecule has 0 aliphatic carbocycles. The van der Waals surface area contributed by atoms with Crippen LogP contribution in [0.4, 0.5) is 10.6 Å². The van der Waals surface area contributed by atoms with Gasteiger partial charge in [-0.2, -0.15) is 10.2 Å². The van der Waals surface area contributed by atoms with Crippen LogP contribution in [-0.4, -0.2) is 74.0 Å². The van der Waals surface area contributed by atoms with Crippen LogP contribution in [0.3, 0.4) is 0 Å². The van der Waals surface area contributed by atoms with Crippen molar-refractivity contribution in [3.8, 4) is 17.0 Å². The summed E-state index contributed by atoms with van der Waals surface area (Å²) in [5.74, 6) is 2.57. The minimum absolute atomic E-state index is 0.00732. The van der Waals surface area contributed by atoms with Gasteiger partial charge in [0.2, 0.25) is 5.91 Å². The van der Waals surface area contributed by atoms with Crippen LogP contribution in [0.25, 0.3) is 27.7 Å². The lowest BCUT2D eigenvalue weighted by atomic mass is 9.89. The minimum atomic E-state index is -0.406. The number of carbonyl (C=O) groups is 2. The van der Waals surface area contributed by atoms with E-state index >= 15 is 0 Å². The first-order valence-corrected chi connectivity index (χ1v) is 19.3. The van der Waals surface area contributed by atoms with Gasteiger partial charge in [0, 0.05) is 48.8 Å². The predicted molar refractivity (Wildman–Crippen MR) is 208 cm³/mol. The molecule has 0 bridgehead atoms. The fraction of sp³-hybridized carbons (Fsp3) is 0.488. The number of piperidine rings is 1. The number of aryl methyl sites for hydroxylation is 2. The zero-order chi connectivity index (χ0) is 37.1. The molecule has 2 fully saturated rings. The van der Waals surface area contributed by atoms with Crippen molar-refractivity contribution in [1.29, 1.82) is 0 Å². The zero-order valence-corrected chi connectivity index (χ0v) is 31.6. The Balaban J connectivity index is 0.00000104. The molecule has 2 aromatic carbocycles. The van der Waals surface area contributed by atoms with Crippen molar-refractivity contribution >= 4 is 34.2 Å². The lowest BCUT2D eigenvalue weighted by Gasteiger charge is -2.32. The maximum atomic E-state index is 12.4. The molecule has 280 valence electrons. The second-order valence-corrected chi connectivity index (χ2v) is 15.4. The topological polar surface area (TPSA) is 136 Å². The first-order chi connectivity index (χ1) is 25.6. The molecule has 3 N–H and O–H groups in total. The number of amides is 3. The van der Waals surface area contributed by atoms with E-state index in [-0.39, 0.29) is 18.4 Å². The van der Waals surface area contributed by atoms with E-state index in [0.717, 1.165) is 109 Å². The number of imide groups is 1. The number of ether oxygens (including phenoxy) is 1. The smallest absolute Gasteiger partial charge is 0.329 e. The quantitative estimate of drug-likeness (QED) is 0.168. The van der Waals surface area contributed by atoms with Crippen LogP contribution in [0.15, 0.2) is 55.0 Å². The van der Waals surface area contributed by atoms with E-state index in [1.54, 1.807) is 11.2 Å². The molecular formula is C41H53N9O3. The Labute approximate surface area is 311 Å². The molecule has 5 aromatic rings. The van der Waals surface area contributed by atoms with Crippen LogP contribution in [0, 0.1) is 5.92 Å². The first kappa shape index (κ1) is 36.5. The summed E-state index contributed by atoms with van der Waals surface area (Å²) in [6.07, 6.45) is 11.5. The lowest BCUT2D eigenvalue weighted by molar-refractivity contribution is -0.120. The molecule has 0 spiro atoms. The Morgan fingerprint density at radius 2 is 1.79 bits per heavy atom. The lowest BCUT2D eigenvalue weighted by Crippen LogP contribution is -2.49. The molecule has 3 amide bonds. The van der Waals surface area contributed by atoms with Crippen molar-refractivity contribution in [2.24, 2.45) is 18.7 Å². The molecule has 53 heavy (non-hydrogen) atoms. The number of rotatable bonds is 8. The number of carbonyl (C=O) groups excluding carboxylic acids is 2. The van der Waals surface area contributed by atoms with E-state index in [4.69, 9.17) is 10.5 Å². The number of benzene rings is 2. The molecule has 2 saturated heterocycles. The first-order valence-electron chi connectivity index (χ1n) is 19.3. The number of urea groups is 1. The van der Waals surface area contributed by atoms with E-state index in [9.17, 15) is 9.59 Å². The van der Waals surface area contributed by atoms with Gasteiger partial charge >= 0.3 is 6.03 Å². The molecule has 1 unspecified atom stereocenters. The summed E-state index contributed by atoms with van der Waals surface area (Å²) in [5, 5.41) is 12.5. The summed E-state index contributed by atoms with van der Waals surface area (Å²) >= 11 is 0. The molecule has 3 aliphatic rings. The van der Waals surface area contributed by atoms with E-state index in [1.165, 1.54) is 11.1 Å². The number of nitrogens with two attached hydrogens (primary N) is 1. The Kier molecular flexibility index (Phi) is 11.1. The second kappa shape index (κ2) is 16.1. The van der Waals surface area contributed by atoms with E-state index in [2.05, 4.69) is 94.8 Å². The third-order valence-corrected chi connectivity index (χ3v) is 10.5. The highest BCUT2D eigenvalue weighted by molar-refractivity contribution is 6.08.